The molecule has 4 heteroatoms. The summed E-state index contributed by atoms with van der Waals surface area (Å²) >= 11 is 7.69. The molecule has 19 aromatic rings. The lowest BCUT2D eigenvalue weighted by molar-refractivity contribution is 1.06. The normalized spacial score (nSPS) is 12.7. The first kappa shape index (κ1) is 62.4. The summed E-state index contributed by atoms with van der Waals surface area (Å²) in [6.07, 6.45) is 6.99. The maximum atomic E-state index is 2.50. The Balaban J connectivity index is 0.685. The molecule has 492 valence electrons. The third kappa shape index (κ3) is 11.0. The molecular weight excluding hydrogens is 1330 g/mol. The fourth-order valence-electron chi connectivity index (χ4n) is 16.4. The number of thiophene rings is 4. The van der Waals surface area contributed by atoms with E-state index in [9.17, 15) is 0 Å². The molecular formula is C100H68S4. The minimum atomic E-state index is 0.995. The summed E-state index contributed by atoms with van der Waals surface area (Å²) in [5.74, 6) is 0. The third-order valence-corrected chi connectivity index (χ3v) is 26.4. The quantitative estimate of drug-likeness (QED) is 0.121. The zero-order chi connectivity index (χ0) is 69.3. The molecule has 0 N–H and O–H groups in total. The standard InChI is InChI=1S/C100H68S4/c1-59-35-38-80-88-44-60(2)41-81(96(88)103-95(80)47-59)73-30-14-25-66(48-73)67-26-15-31-74(49-67)82-42-61(3)45-89-90-46-62(4)43-83(100(90)104-99(82)89)75-32-18-29-70(52-75)79-56-85(98-92(58-79)87-54-72(37-40-94(87)102-98)64-21-10-6-11-22-64)77-34-17-28-69(51-77)68-27-16-33-76(50-68)84-55-78(65-23-12-7-13-24-65)57-91-86-53-71(63-19-8-5-9-20-63)36-39-93(86)101-97(84)91/h5-14,16-25,27-58H,15,26H2,1-4H3. The van der Waals surface area contributed by atoms with E-state index in [1.54, 1.807) is 0 Å². The second-order valence-electron chi connectivity index (χ2n) is 28.5. The van der Waals surface area contributed by atoms with Gasteiger partial charge in [-0.3, -0.25) is 0 Å². The smallest absolute Gasteiger partial charge is 0.0434 e. The summed E-state index contributed by atoms with van der Waals surface area (Å²) in [7, 11) is 0. The van der Waals surface area contributed by atoms with Crippen LogP contribution in [0.2, 0.25) is 0 Å². The zero-order valence-electron chi connectivity index (χ0n) is 58.1. The highest BCUT2D eigenvalue weighted by Gasteiger charge is 2.23. The Morgan fingerprint density at radius 2 is 0.567 bits per heavy atom. The fourth-order valence-corrected chi connectivity index (χ4v) is 21.5. The second-order valence-corrected chi connectivity index (χ2v) is 32.7. The molecule has 104 heavy (non-hydrogen) atoms. The summed E-state index contributed by atoms with van der Waals surface area (Å²) in [6.45, 7) is 8.98. The number of hydrogen-bond donors (Lipinski definition) is 0. The lowest BCUT2D eigenvalue weighted by atomic mass is 9.88. The molecule has 0 spiro atoms. The number of allylic oxidation sites excluding steroid dienone is 4. The summed E-state index contributed by atoms with van der Waals surface area (Å²) in [5, 5.41) is 10.5. The highest BCUT2D eigenvalue weighted by atomic mass is 32.1. The van der Waals surface area contributed by atoms with Crippen LogP contribution < -0.4 is 0 Å². The van der Waals surface area contributed by atoms with E-state index in [0.717, 1.165) is 12.8 Å². The van der Waals surface area contributed by atoms with Gasteiger partial charge in [-0.25, -0.2) is 0 Å². The molecule has 0 saturated carbocycles. The van der Waals surface area contributed by atoms with E-state index in [1.807, 2.05) is 45.3 Å². The number of aryl methyl sites for hydroxylation is 4. The number of hydrogen-bond acceptors (Lipinski definition) is 4. The Labute approximate surface area is 621 Å². The van der Waals surface area contributed by atoms with Crippen LogP contribution in [-0.2, 0) is 0 Å². The van der Waals surface area contributed by atoms with Crippen LogP contribution in [0.4, 0.5) is 0 Å². The first-order valence-electron chi connectivity index (χ1n) is 36.0. The van der Waals surface area contributed by atoms with Gasteiger partial charge in [0.05, 0.1) is 0 Å². The molecule has 0 amide bonds. The second kappa shape index (κ2) is 25.3. The molecule has 1 aliphatic rings. The molecule has 0 atom stereocenters. The molecule has 4 heterocycles. The van der Waals surface area contributed by atoms with Crippen molar-refractivity contribution in [1.29, 1.82) is 0 Å². The van der Waals surface area contributed by atoms with Gasteiger partial charge in [0.15, 0.2) is 0 Å². The van der Waals surface area contributed by atoms with Gasteiger partial charge in [-0.15, -0.1) is 45.3 Å². The number of fused-ring (bicyclic) bond motifs is 12. The highest BCUT2D eigenvalue weighted by Crippen LogP contribution is 2.51. The van der Waals surface area contributed by atoms with Crippen LogP contribution in [0.1, 0.15) is 46.2 Å². The van der Waals surface area contributed by atoms with Gasteiger partial charge in [0.25, 0.3) is 0 Å². The summed E-state index contributed by atoms with van der Waals surface area (Å²) in [4.78, 5) is 0. The number of rotatable bonds is 11. The molecule has 0 unspecified atom stereocenters. The SMILES string of the molecule is Cc1ccc2c(c1)sc1c(-c3cccc(C4=CC(c5cc(C)cc6c5sc5c(-c7cccc(-c8cc(-c9cccc(-c%10cccc(-c%11cc(-c%12ccccc%12)cc%12c%11sc%11ccc(-c%13ccccc%13)cc%11%12)c%10)c9)c9sc%10ccc(-c%11ccccc%11)cc%10c9c8)c7)cc(C)cc56)=CCC4)c3)cc(C)cc12. The van der Waals surface area contributed by atoms with Crippen molar-refractivity contribution in [2.24, 2.45) is 0 Å². The van der Waals surface area contributed by atoms with Gasteiger partial charge in [0, 0.05) is 91.8 Å². The Hall–Kier alpha value is -11.3. The van der Waals surface area contributed by atoms with Crippen molar-refractivity contribution in [3.05, 3.63) is 349 Å². The maximum absolute atomic E-state index is 2.50. The average molecular weight is 1400 g/mol. The summed E-state index contributed by atoms with van der Waals surface area (Å²) in [5.41, 5.74) is 32.6. The first-order chi connectivity index (χ1) is 51.1. The minimum absolute atomic E-state index is 0.995. The van der Waals surface area contributed by atoms with Gasteiger partial charge in [-0.2, -0.15) is 0 Å². The van der Waals surface area contributed by atoms with Crippen LogP contribution in [0.15, 0.2) is 315 Å². The van der Waals surface area contributed by atoms with Crippen molar-refractivity contribution in [3.8, 4) is 100 Å². The fraction of sp³-hybridized carbons (Fsp3) is 0.0600. The Kier molecular flexibility index (Phi) is 15.2. The van der Waals surface area contributed by atoms with Gasteiger partial charge in [-0.05, 0) is 289 Å². The van der Waals surface area contributed by atoms with Gasteiger partial charge in [0.2, 0.25) is 0 Å². The third-order valence-electron chi connectivity index (χ3n) is 21.4. The summed E-state index contributed by atoms with van der Waals surface area (Å²) < 4.78 is 10.6. The lowest BCUT2D eigenvalue weighted by Crippen LogP contribution is -1.94. The molecule has 0 aliphatic heterocycles. The minimum Gasteiger partial charge on any atom is -0.135 e. The van der Waals surface area contributed by atoms with Crippen molar-refractivity contribution >= 4 is 137 Å². The predicted octanol–water partition coefficient (Wildman–Crippen LogP) is 30.7. The summed E-state index contributed by atoms with van der Waals surface area (Å²) in [6, 6.07) is 115. The molecule has 0 bridgehead atoms. The van der Waals surface area contributed by atoms with E-state index in [2.05, 4.69) is 343 Å². The van der Waals surface area contributed by atoms with Gasteiger partial charge >= 0.3 is 0 Å². The molecule has 0 fully saturated rings. The van der Waals surface area contributed by atoms with E-state index in [4.69, 9.17) is 0 Å². The van der Waals surface area contributed by atoms with Crippen LogP contribution in [0, 0.1) is 27.7 Å². The Bertz CT molecular complexity index is 6800. The first-order valence-corrected chi connectivity index (χ1v) is 39.3. The molecule has 15 aromatic carbocycles. The molecule has 0 radical (unpaired) electrons. The molecule has 4 aromatic heterocycles. The predicted molar refractivity (Wildman–Crippen MR) is 458 cm³/mol. The molecule has 1 aliphatic carbocycles. The van der Waals surface area contributed by atoms with E-state index >= 15 is 0 Å². The highest BCUT2D eigenvalue weighted by molar-refractivity contribution is 7.27. The van der Waals surface area contributed by atoms with Crippen LogP contribution in [0.25, 0.3) is 192 Å². The average Bonchev–Trinajstić information content (AvgIpc) is 1.64. The Morgan fingerprint density at radius 1 is 0.212 bits per heavy atom. The van der Waals surface area contributed by atoms with Crippen molar-refractivity contribution < 1.29 is 0 Å². The van der Waals surface area contributed by atoms with E-state index in [-0.39, 0.29) is 0 Å². The monoisotopic (exact) mass is 1400 g/mol. The van der Waals surface area contributed by atoms with E-state index < -0.39 is 0 Å². The van der Waals surface area contributed by atoms with E-state index in [1.165, 1.54) is 225 Å². The van der Waals surface area contributed by atoms with Crippen molar-refractivity contribution in [1.82, 2.24) is 0 Å². The van der Waals surface area contributed by atoms with Gasteiger partial charge < -0.3 is 0 Å². The topological polar surface area (TPSA) is 0 Å². The molecule has 0 saturated heterocycles. The van der Waals surface area contributed by atoms with E-state index in [0.29, 0.717) is 0 Å². The maximum Gasteiger partial charge on any atom is 0.0434 e. The van der Waals surface area contributed by atoms with Gasteiger partial charge in [0.1, 0.15) is 0 Å². The van der Waals surface area contributed by atoms with Crippen LogP contribution >= 0.6 is 45.3 Å². The van der Waals surface area contributed by atoms with Crippen molar-refractivity contribution in [2.45, 2.75) is 40.5 Å². The largest absolute Gasteiger partial charge is 0.135 e. The Morgan fingerprint density at radius 3 is 1.08 bits per heavy atom. The van der Waals surface area contributed by atoms with Crippen LogP contribution in [-0.4, -0.2) is 0 Å². The lowest BCUT2D eigenvalue weighted by Gasteiger charge is -2.17. The molecule has 20 rings (SSSR count). The molecule has 0 nitrogen and oxygen atoms in total. The van der Waals surface area contributed by atoms with Crippen molar-refractivity contribution in [3.63, 3.8) is 0 Å². The van der Waals surface area contributed by atoms with Crippen molar-refractivity contribution in [2.75, 3.05) is 0 Å². The van der Waals surface area contributed by atoms with Crippen LogP contribution in [0.5, 0.6) is 0 Å². The zero-order valence-corrected chi connectivity index (χ0v) is 61.3. The van der Waals surface area contributed by atoms with Crippen LogP contribution in [0.3, 0.4) is 0 Å². The van der Waals surface area contributed by atoms with Gasteiger partial charge in [-0.1, -0.05) is 200 Å². The number of benzene rings is 15.